The summed E-state index contributed by atoms with van der Waals surface area (Å²) < 4.78 is 5.26. The molecule has 0 aliphatic carbocycles. The van der Waals surface area contributed by atoms with Gasteiger partial charge in [0.05, 0.1) is 0 Å². The summed E-state index contributed by atoms with van der Waals surface area (Å²) in [5, 5.41) is 0. The van der Waals surface area contributed by atoms with Crippen LogP contribution in [0.3, 0.4) is 0 Å². The van der Waals surface area contributed by atoms with Crippen molar-refractivity contribution in [2.24, 2.45) is 0 Å². The van der Waals surface area contributed by atoms with E-state index >= 15 is 0 Å². The van der Waals surface area contributed by atoms with E-state index in [-0.39, 0.29) is 0 Å². The molecule has 1 nitrogen and oxygen atoms in total. The van der Waals surface area contributed by atoms with E-state index in [2.05, 4.69) is 6.92 Å². The molecule has 0 saturated heterocycles. The Bertz CT molecular complexity index is 2630. The molecule has 0 atom stereocenters. The van der Waals surface area contributed by atoms with Gasteiger partial charge in [-0.25, -0.2) is 0 Å². The van der Waals surface area contributed by atoms with Crippen molar-refractivity contribution >= 4 is 490 Å². The monoisotopic (exact) mass is 863 g/mol. The third kappa shape index (κ3) is 80.5. The Kier molecular flexibility index (Phi) is 85.3. The third-order valence-electron chi connectivity index (χ3n) is 8.27. The number of rotatable bonds is 38. The molecule has 0 fully saturated rings. The van der Waals surface area contributed by atoms with Crippen LogP contribution in [-0.4, -0.2) is 497 Å². The fourth-order valence-electron chi connectivity index (χ4n) is 4.71. The quantitative estimate of drug-likeness (QED) is 0.0444. The minimum absolute atomic E-state index is 0.753. The van der Waals surface area contributed by atoms with E-state index < -0.39 is 0 Å². The van der Waals surface area contributed by atoms with Crippen molar-refractivity contribution in [3.63, 3.8) is 0 Å². The molecule has 0 heterocycles. The number of hydrogen-bond donors (Lipinski definition) is 0. The zero-order valence-corrected chi connectivity index (χ0v) is 45.0. The Hall–Kier alpha value is 4.54. The van der Waals surface area contributed by atoms with Crippen molar-refractivity contribution in [2.45, 2.75) is 13.3 Å². The number of hydrogen-bond acceptors (Lipinski definition) is 1. The molecule has 0 unspecified atom stereocenters. The van der Waals surface area contributed by atoms with Crippen molar-refractivity contribution in [1.29, 1.82) is 0 Å². The summed E-state index contributed by atoms with van der Waals surface area (Å²) >= 11 is 0. The van der Waals surface area contributed by atoms with Crippen molar-refractivity contribution in [1.82, 2.24) is 0 Å². The van der Waals surface area contributed by atoms with Crippen LogP contribution in [0.25, 0.3) is 0 Å². The summed E-state index contributed by atoms with van der Waals surface area (Å²) in [5.74, 6) is 0. The van der Waals surface area contributed by atoms with Crippen LogP contribution in [0.1, 0.15) is 13.3 Å². The second-order valence-corrected chi connectivity index (χ2v) is 14.7. The Morgan fingerprint density at radius 1 is 0.169 bits per heavy atom. The maximum absolute atomic E-state index is 5.26. The van der Waals surface area contributed by atoms with Crippen LogP contribution in [-0.2, 0) is 4.65 Å². The van der Waals surface area contributed by atoms with Crippen LogP contribution in [0.15, 0.2) is 0 Å². The van der Waals surface area contributed by atoms with Gasteiger partial charge >= 0.3 is 515 Å². The molecule has 0 aromatic carbocycles. The SMILES string of the molecule is [B]B=BB=BB=BB=BB=BB=BB=BB=BB=BB=BB=BB=BB=BB=BB=BB=BB=BB=BB=BB=BB=BB=BB=BB=BB=BB=BB=BB=BB=BB=BB=BB=BB=BB=BB=BB=BOCCC. The average Bonchev–Trinajstić information content (AvgIpc) is 3.44. The summed E-state index contributed by atoms with van der Waals surface area (Å²) in [6, 6.07) is 0. The first-order valence-corrected chi connectivity index (χ1v) is 25.7. The molecule has 0 aromatic rings. The molecule has 0 amide bonds. The fraction of sp³-hybridized carbons (Fsp3) is 1.00. The summed E-state index contributed by atoms with van der Waals surface area (Å²) in [6.07, 6.45) is 1.02. The van der Waals surface area contributed by atoms with E-state index in [1.54, 1.807) is 13.7 Å². The predicted molar refractivity (Wildman–Crippen MR) is 436 cm³/mol. The Labute approximate surface area is 509 Å². The zero-order chi connectivity index (χ0) is 55.0. The van der Waals surface area contributed by atoms with E-state index in [1.807, 2.05) is 462 Å². The summed E-state index contributed by atoms with van der Waals surface area (Å²) in [6.45, 7) is 143. The second kappa shape index (κ2) is 80.5. The Morgan fingerprint density at radius 3 is 0.377 bits per heavy atom. The first-order valence-electron chi connectivity index (χ1n) is 25.7. The van der Waals surface area contributed by atoms with Gasteiger partial charge < -0.3 is 0 Å². The topological polar surface area (TPSA) is 9.23 Å². The van der Waals surface area contributed by atoms with Crippen LogP contribution < -0.4 is 0 Å². The minimum atomic E-state index is 0.753. The Morgan fingerprint density at radius 2 is 0.273 bits per heavy atom. The van der Waals surface area contributed by atoms with Gasteiger partial charge in [-0.1, -0.05) is 0 Å². The van der Waals surface area contributed by atoms with Gasteiger partial charge in [0.2, 0.25) is 0 Å². The first-order chi connectivity index (χ1) is 38.4. The average molecular weight is 848 g/mol. The summed E-state index contributed by atoms with van der Waals surface area (Å²) in [7, 11) is 6.98. The van der Waals surface area contributed by atoms with E-state index in [1.165, 1.54) is 6.69 Å². The molecule has 2 radical (unpaired) electrons. The standard InChI is InChI=1S/C3H7B73O/c1-2-3-77-76-75-74-73-72-71-70-69-68-67-66-65-64-63-62-61-60-59-58-57-56-55-54-53-52-51-50-49-48-47-46-45-44-43-42-41-40-39-38-37-36-35-34-33-32-31-30-29-28-27-26-25-24-23-22-21-20-19-18-17-16-15-14-13-12-11-10-9-8-7-6-5-4/h2-3H2,1H3. The molecule has 244 valence electrons. The molecule has 0 rings (SSSR count). The van der Waals surface area contributed by atoms with E-state index in [9.17, 15) is 0 Å². The first kappa shape index (κ1) is 81.5. The van der Waals surface area contributed by atoms with Gasteiger partial charge in [0, 0.05) is 0 Å². The van der Waals surface area contributed by atoms with Crippen LogP contribution in [0.5, 0.6) is 0 Å². The van der Waals surface area contributed by atoms with Gasteiger partial charge in [-0.2, -0.15) is 0 Å². The zero-order valence-electron chi connectivity index (χ0n) is 45.0. The van der Waals surface area contributed by atoms with Crippen LogP contribution in [0.2, 0.25) is 0 Å². The van der Waals surface area contributed by atoms with Gasteiger partial charge in [-0.3, -0.25) is 0 Å². The van der Waals surface area contributed by atoms with Crippen molar-refractivity contribution in [3.05, 3.63) is 0 Å². The van der Waals surface area contributed by atoms with Crippen molar-refractivity contribution < 1.29 is 4.65 Å². The molecule has 0 aliphatic rings. The van der Waals surface area contributed by atoms with Crippen LogP contribution in [0, 0.1) is 0 Å². The van der Waals surface area contributed by atoms with Gasteiger partial charge in [0.15, 0.2) is 0 Å². The Balaban J connectivity index is 4.09. The third-order valence-corrected chi connectivity index (χ3v) is 8.27. The molecule has 0 bridgehead atoms. The molecule has 0 saturated carbocycles. The molecular weight excluding hydrogens is 841 g/mol. The van der Waals surface area contributed by atoms with Crippen LogP contribution in [0.4, 0.5) is 0 Å². The predicted octanol–water partition coefficient (Wildman–Crippen LogP) is -26.9. The van der Waals surface area contributed by atoms with Gasteiger partial charge in [0.25, 0.3) is 0 Å². The molecule has 77 heavy (non-hydrogen) atoms. The van der Waals surface area contributed by atoms with E-state index in [0.717, 1.165) is 13.0 Å². The van der Waals surface area contributed by atoms with Crippen LogP contribution >= 0.6 is 0 Å². The molecule has 0 spiro atoms. The summed E-state index contributed by atoms with van der Waals surface area (Å²) in [4.78, 5) is 0. The van der Waals surface area contributed by atoms with Crippen molar-refractivity contribution in [2.75, 3.05) is 6.61 Å². The van der Waals surface area contributed by atoms with Gasteiger partial charge in [-0.05, 0) is 0 Å². The molecule has 74 heteroatoms. The fourth-order valence-corrected chi connectivity index (χ4v) is 4.71. The molecular formula is C3H7B73O. The molecule has 0 aliphatic heterocycles. The molecule has 0 aromatic heterocycles. The van der Waals surface area contributed by atoms with Gasteiger partial charge in [-0.15, -0.1) is 0 Å². The van der Waals surface area contributed by atoms with Gasteiger partial charge in [0.1, 0.15) is 0 Å². The van der Waals surface area contributed by atoms with Crippen molar-refractivity contribution in [3.8, 4) is 0 Å². The maximum atomic E-state index is 5.26. The summed E-state index contributed by atoms with van der Waals surface area (Å²) in [5.41, 5.74) is 0. The molecule has 0 N–H and O–H groups in total. The second-order valence-electron chi connectivity index (χ2n) is 14.7. The van der Waals surface area contributed by atoms with E-state index in [4.69, 9.17) is 12.4 Å². The van der Waals surface area contributed by atoms with E-state index in [0.29, 0.717) is 0 Å². The normalized spacial score (nSPS) is 7.96.